The number of aryl methyl sites for hydroxylation is 1. The Morgan fingerprint density at radius 3 is 3.09 bits per heavy atom. The van der Waals surface area contributed by atoms with Crippen LogP contribution in [0.1, 0.15) is 23.0 Å². The van der Waals surface area contributed by atoms with Gasteiger partial charge in [-0.25, -0.2) is 4.98 Å². The van der Waals surface area contributed by atoms with Gasteiger partial charge in [0.25, 0.3) is 0 Å². The molecule has 1 nitrogen and oxygen atoms in total. The SMILES string of the molecule is Cc1csc([C@H]2C[C@@H]2CCl)n1. The zero-order chi connectivity index (χ0) is 7.84. The summed E-state index contributed by atoms with van der Waals surface area (Å²) >= 11 is 7.50. The van der Waals surface area contributed by atoms with Crippen LogP contribution in [0.4, 0.5) is 0 Å². The van der Waals surface area contributed by atoms with Crippen LogP contribution in [-0.2, 0) is 0 Å². The van der Waals surface area contributed by atoms with E-state index in [4.69, 9.17) is 11.6 Å². The van der Waals surface area contributed by atoms with Crippen LogP contribution in [-0.4, -0.2) is 10.9 Å². The van der Waals surface area contributed by atoms with Gasteiger partial charge < -0.3 is 0 Å². The smallest absolute Gasteiger partial charge is 0.0962 e. The fourth-order valence-corrected chi connectivity index (χ4v) is 2.61. The largest absolute Gasteiger partial charge is 0.246 e. The van der Waals surface area contributed by atoms with Gasteiger partial charge in [-0.1, -0.05) is 0 Å². The molecule has 1 aromatic heterocycles. The average molecular weight is 188 g/mol. The Bertz CT molecular complexity index is 258. The van der Waals surface area contributed by atoms with E-state index >= 15 is 0 Å². The van der Waals surface area contributed by atoms with Gasteiger partial charge in [-0.15, -0.1) is 22.9 Å². The Labute approximate surface area is 75.4 Å². The van der Waals surface area contributed by atoms with Gasteiger partial charge in [0, 0.05) is 22.9 Å². The van der Waals surface area contributed by atoms with E-state index in [0.29, 0.717) is 11.8 Å². The molecule has 0 radical (unpaired) electrons. The van der Waals surface area contributed by atoms with Crippen molar-refractivity contribution >= 4 is 22.9 Å². The molecule has 0 aliphatic heterocycles. The average Bonchev–Trinajstić information content (AvgIpc) is 2.68. The molecule has 60 valence electrons. The topological polar surface area (TPSA) is 12.9 Å². The molecule has 2 rings (SSSR count). The first-order valence-electron chi connectivity index (χ1n) is 3.79. The molecule has 0 aromatic carbocycles. The summed E-state index contributed by atoms with van der Waals surface area (Å²) < 4.78 is 0. The maximum absolute atomic E-state index is 5.73. The molecule has 11 heavy (non-hydrogen) atoms. The quantitative estimate of drug-likeness (QED) is 0.649. The summed E-state index contributed by atoms with van der Waals surface area (Å²) in [6, 6.07) is 0. The van der Waals surface area contributed by atoms with E-state index in [-0.39, 0.29) is 0 Å². The zero-order valence-corrected chi connectivity index (χ0v) is 7.95. The number of hydrogen-bond acceptors (Lipinski definition) is 2. The Hall–Kier alpha value is -0.0800. The van der Waals surface area contributed by atoms with Crippen LogP contribution >= 0.6 is 22.9 Å². The van der Waals surface area contributed by atoms with E-state index in [1.807, 2.05) is 6.92 Å². The third kappa shape index (κ3) is 1.42. The van der Waals surface area contributed by atoms with Crippen molar-refractivity contribution in [3.8, 4) is 0 Å². The van der Waals surface area contributed by atoms with Crippen LogP contribution in [0, 0.1) is 12.8 Å². The summed E-state index contributed by atoms with van der Waals surface area (Å²) in [6.07, 6.45) is 1.25. The molecular weight excluding hydrogens is 178 g/mol. The van der Waals surface area contributed by atoms with E-state index in [0.717, 1.165) is 11.6 Å². The predicted octanol–water partition coefficient (Wildman–Crippen LogP) is 2.79. The van der Waals surface area contributed by atoms with Gasteiger partial charge in [0.15, 0.2) is 0 Å². The summed E-state index contributed by atoms with van der Waals surface area (Å²) in [6.45, 7) is 2.04. The Morgan fingerprint density at radius 1 is 1.82 bits per heavy atom. The number of aromatic nitrogens is 1. The molecule has 1 aromatic rings. The van der Waals surface area contributed by atoms with Gasteiger partial charge in [0.1, 0.15) is 0 Å². The Kier molecular flexibility index (Phi) is 1.90. The van der Waals surface area contributed by atoms with Crippen molar-refractivity contribution in [2.45, 2.75) is 19.3 Å². The highest BCUT2D eigenvalue weighted by molar-refractivity contribution is 7.09. The predicted molar refractivity (Wildman–Crippen MR) is 48.4 cm³/mol. The van der Waals surface area contributed by atoms with Crippen LogP contribution in [0.5, 0.6) is 0 Å². The molecule has 0 saturated heterocycles. The molecule has 1 fully saturated rings. The lowest BCUT2D eigenvalue weighted by molar-refractivity contribution is 0.909. The van der Waals surface area contributed by atoms with Crippen LogP contribution in [0.2, 0.25) is 0 Å². The van der Waals surface area contributed by atoms with Gasteiger partial charge in [-0.3, -0.25) is 0 Å². The second-order valence-electron chi connectivity index (χ2n) is 3.08. The molecule has 1 heterocycles. The van der Waals surface area contributed by atoms with E-state index in [1.165, 1.54) is 11.4 Å². The fourth-order valence-electron chi connectivity index (χ4n) is 1.26. The lowest BCUT2D eigenvalue weighted by Crippen LogP contribution is -1.83. The number of alkyl halides is 1. The second kappa shape index (κ2) is 2.76. The van der Waals surface area contributed by atoms with Gasteiger partial charge in [0.05, 0.1) is 5.01 Å². The molecule has 0 amide bonds. The standard InChI is InChI=1S/C8H10ClNS/c1-5-4-11-8(10-5)7-2-6(7)3-9/h4,6-7H,2-3H2,1H3/t6-,7+/m1/s1. The molecule has 1 aliphatic carbocycles. The first kappa shape index (κ1) is 7.56. The molecule has 0 N–H and O–H groups in total. The van der Waals surface area contributed by atoms with Crippen molar-refractivity contribution in [3.05, 3.63) is 16.1 Å². The van der Waals surface area contributed by atoms with E-state index in [2.05, 4.69) is 10.4 Å². The summed E-state index contributed by atoms with van der Waals surface area (Å²) in [4.78, 5) is 4.43. The maximum Gasteiger partial charge on any atom is 0.0962 e. The van der Waals surface area contributed by atoms with Crippen molar-refractivity contribution in [2.75, 3.05) is 5.88 Å². The lowest BCUT2D eigenvalue weighted by Gasteiger charge is -1.88. The monoisotopic (exact) mass is 187 g/mol. The third-order valence-electron chi connectivity index (χ3n) is 2.07. The number of halogens is 1. The molecule has 1 saturated carbocycles. The summed E-state index contributed by atoms with van der Waals surface area (Å²) in [5.74, 6) is 2.19. The van der Waals surface area contributed by atoms with Gasteiger partial charge >= 0.3 is 0 Å². The van der Waals surface area contributed by atoms with Crippen molar-refractivity contribution in [1.82, 2.24) is 4.98 Å². The summed E-state index contributed by atoms with van der Waals surface area (Å²) in [5.41, 5.74) is 1.14. The highest BCUT2D eigenvalue weighted by Crippen LogP contribution is 2.48. The normalized spacial score (nSPS) is 28.9. The minimum atomic E-state index is 0.686. The molecule has 1 aliphatic rings. The van der Waals surface area contributed by atoms with Crippen LogP contribution in [0.3, 0.4) is 0 Å². The molecule has 0 spiro atoms. The summed E-state index contributed by atoms with van der Waals surface area (Å²) in [7, 11) is 0. The van der Waals surface area contributed by atoms with Gasteiger partial charge in [-0.05, 0) is 19.3 Å². The summed E-state index contributed by atoms with van der Waals surface area (Å²) in [5, 5.41) is 3.40. The number of rotatable bonds is 2. The Morgan fingerprint density at radius 2 is 2.64 bits per heavy atom. The number of hydrogen-bond donors (Lipinski definition) is 0. The number of nitrogens with zero attached hydrogens (tertiary/aromatic N) is 1. The highest BCUT2D eigenvalue weighted by Gasteiger charge is 2.39. The van der Waals surface area contributed by atoms with E-state index < -0.39 is 0 Å². The minimum Gasteiger partial charge on any atom is -0.246 e. The number of thiazole rings is 1. The zero-order valence-electron chi connectivity index (χ0n) is 6.38. The minimum absolute atomic E-state index is 0.686. The second-order valence-corrected chi connectivity index (χ2v) is 4.28. The van der Waals surface area contributed by atoms with E-state index in [9.17, 15) is 0 Å². The molecule has 3 heteroatoms. The van der Waals surface area contributed by atoms with E-state index in [1.54, 1.807) is 11.3 Å². The highest BCUT2D eigenvalue weighted by atomic mass is 35.5. The first-order valence-corrected chi connectivity index (χ1v) is 5.20. The first-order chi connectivity index (χ1) is 5.31. The van der Waals surface area contributed by atoms with Crippen LogP contribution < -0.4 is 0 Å². The molecular formula is C8H10ClNS. The molecule has 2 atom stereocenters. The van der Waals surface area contributed by atoms with Crippen molar-refractivity contribution in [1.29, 1.82) is 0 Å². The third-order valence-corrected chi connectivity index (χ3v) is 3.57. The van der Waals surface area contributed by atoms with Gasteiger partial charge in [-0.2, -0.15) is 0 Å². The molecule has 0 bridgehead atoms. The maximum atomic E-state index is 5.73. The van der Waals surface area contributed by atoms with Crippen LogP contribution in [0.15, 0.2) is 5.38 Å². The van der Waals surface area contributed by atoms with Crippen molar-refractivity contribution in [3.63, 3.8) is 0 Å². The fraction of sp³-hybridized carbons (Fsp3) is 0.625. The van der Waals surface area contributed by atoms with Crippen molar-refractivity contribution < 1.29 is 0 Å². The van der Waals surface area contributed by atoms with Crippen molar-refractivity contribution in [2.24, 2.45) is 5.92 Å². The van der Waals surface area contributed by atoms with Crippen LogP contribution in [0.25, 0.3) is 0 Å². The lowest BCUT2D eigenvalue weighted by atomic mass is 10.3. The molecule has 0 unspecified atom stereocenters. The Balaban J connectivity index is 2.08. The van der Waals surface area contributed by atoms with Gasteiger partial charge in [0.2, 0.25) is 0 Å².